The highest BCUT2D eigenvalue weighted by Gasteiger charge is 2.04. The van der Waals surface area contributed by atoms with Crippen molar-refractivity contribution in [3.8, 4) is 11.5 Å². The Morgan fingerprint density at radius 3 is 2.04 bits per heavy atom. The third-order valence-corrected chi connectivity index (χ3v) is 3.32. The summed E-state index contributed by atoms with van der Waals surface area (Å²) in [5.41, 5.74) is 2.89. The van der Waals surface area contributed by atoms with E-state index in [-0.39, 0.29) is 12.5 Å². The first-order chi connectivity index (χ1) is 11.6. The average molecular weight is 325 g/mol. The molecule has 0 saturated heterocycles. The van der Waals surface area contributed by atoms with Crippen LogP contribution < -0.4 is 14.8 Å². The van der Waals surface area contributed by atoms with Gasteiger partial charge in [-0.1, -0.05) is 25.6 Å². The van der Waals surface area contributed by atoms with Crippen LogP contribution in [0.3, 0.4) is 0 Å². The maximum Gasteiger partial charge on any atom is 0.262 e. The van der Waals surface area contributed by atoms with Crippen LogP contribution in [0, 0.1) is 0 Å². The highest BCUT2D eigenvalue weighted by molar-refractivity contribution is 5.91. The second-order valence-electron chi connectivity index (χ2n) is 5.60. The van der Waals surface area contributed by atoms with Gasteiger partial charge in [0.15, 0.2) is 6.61 Å². The van der Waals surface area contributed by atoms with Crippen molar-refractivity contribution in [3.05, 3.63) is 66.2 Å². The van der Waals surface area contributed by atoms with Gasteiger partial charge in [0.25, 0.3) is 5.91 Å². The van der Waals surface area contributed by atoms with Gasteiger partial charge in [0.2, 0.25) is 0 Å². The van der Waals surface area contributed by atoms with E-state index in [1.807, 2.05) is 43.3 Å². The lowest BCUT2D eigenvalue weighted by Gasteiger charge is -2.09. The SMILES string of the molecule is C=C(C)COc1ccc(NC(=O)COc2ccc(CC)cc2)cc1. The second kappa shape index (κ2) is 8.77. The number of rotatable bonds is 8. The van der Waals surface area contributed by atoms with Crippen LogP contribution in [0.25, 0.3) is 0 Å². The van der Waals surface area contributed by atoms with Crippen LogP contribution >= 0.6 is 0 Å². The minimum atomic E-state index is -0.204. The summed E-state index contributed by atoms with van der Waals surface area (Å²) in [7, 11) is 0. The summed E-state index contributed by atoms with van der Waals surface area (Å²) in [5.74, 6) is 1.22. The van der Waals surface area contributed by atoms with Gasteiger partial charge < -0.3 is 14.8 Å². The quantitative estimate of drug-likeness (QED) is 0.739. The van der Waals surface area contributed by atoms with E-state index in [9.17, 15) is 4.79 Å². The summed E-state index contributed by atoms with van der Waals surface area (Å²) < 4.78 is 11.0. The van der Waals surface area contributed by atoms with Crippen molar-refractivity contribution in [2.75, 3.05) is 18.5 Å². The van der Waals surface area contributed by atoms with Crippen LogP contribution in [-0.4, -0.2) is 19.1 Å². The first-order valence-electron chi connectivity index (χ1n) is 7.95. The Hall–Kier alpha value is -2.75. The van der Waals surface area contributed by atoms with Crippen LogP contribution in [0.1, 0.15) is 19.4 Å². The molecule has 0 unspecified atom stereocenters. The number of aryl methyl sites for hydroxylation is 1. The lowest BCUT2D eigenvalue weighted by atomic mass is 10.2. The topological polar surface area (TPSA) is 47.6 Å². The van der Waals surface area contributed by atoms with Crippen LogP contribution in [0.15, 0.2) is 60.7 Å². The van der Waals surface area contributed by atoms with Crippen LogP contribution in [0.2, 0.25) is 0 Å². The van der Waals surface area contributed by atoms with E-state index < -0.39 is 0 Å². The van der Waals surface area contributed by atoms with E-state index in [1.165, 1.54) is 5.56 Å². The molecule has 0 heterocycles. The van der Waals surface area contributed by atoms with Crippen LogP contribution in [0.5, 0.6) is 11.5 Å². The molecule has 2 aromatic rings. The lowest BCUT2D eigenvalue weighted by molar-refractivity contribution is -0.118. The van der Waals surface area contributed by atoms with Crippen molar-refractivity contribution >= 4 is 11.6 Å². The minimum Gasteiger partial charge on any atom is -0.489 e. The average Bonchev–Trinajstić information content (AvgIpc) is 2.60. The summed E-state index contributed by atoms with van der Waals surface area (Å²) in [4.78, 5) is 11.9. The Morgan fingerprint density at radius 2 is 1.50 bits per heavy atom. The molecule has 0 aromatic heterocycles. The number of hydrogen-bond donors (Lipinski definition) is 1. The molecule has 0 fully saturated rings. The van der Waals surface area contributed by atoms with Gasteiger partial charge in [-0.3, -0.25) is 4.79 Å². The number of benzene rings is 2. The fraction of sp³-hybridized carbons (Fsp3) is 0.250. The van der Waals surface area contributed by atoms with Crippen molar-refractivity contribution < 1.29 is 14.3 Å². The number of carbonyl (C=O) groups excluding carboxylic acids is 1. The number of amides is 1. The third-order valence-electron chi connectivity index (χ3n) is 3.32. The van der Waals surface area contributed by atoms with Gasteiger partial charge in [-0.15, -0.1) is 0 Å². The van der Waals surface area contributed by atoms with Crippen LogP contribution in [0.4, 0.5) is 5.69 Å². The summed E-state index contributed by atoms with van der Waals surface area (Å²) in [6.07, 6.45) is 0.979. The van der Waals surface area contributed by atoms with Crippen molar-refractivity contribution in [3.63, 3.8) is 0 Å². The van der Waals surface area contributed by atoms with Gasteiger partial charge in [0.1, 0.15) is 18.1 Å². The molecule has 4 heteroatoms. The molecule has 4 nitrogen and oxygen atoms in total. The number of carbonyl (C=O) groups is 1. The molecule has 0 aliphatic carbocycles. The summed E-state index contributed by atoms with van der Waals surface area (Å²) in [5, 5.41) is 2.79. The van der Waals surface area contributed by atoms with Gasteiger partial charge >= 0.3 is 0 Å². The first-order valence-corrected chi connectivity index (χ1v) is 7.95. The molecule has 0 spiro atoms. The molecule has 0 aliphatic rings. The highest BCUT2D eigenvalue weighted by atomic mass is 16.5. The summed E-state index contributed by atoms with van der Waals surface area (Å²) in [6, 6.07) is 14.9. The fourth-order valence-electron chi connectivity index (χ4n) is 2.01. The van der Waals surface area contributed by atoms with E-state index in [4.69, 9.17) is 9.47 Å². The zero-order chi connectivity index (χ0) is 17.4. The van der Waals surface area contributed by atoms with Gasteiger partial charge in [-0.25, -0.2) is 0 Å². The minimum absolute atomic E-state index is 0.0284. The van der Waals surface area contributed by atoms with E-state index in [2.05, 4.69) is 18.8 Å². The number of ether oxygens (including phenoxy) is 2. The Kier molecular flexibility index (Phi) is 6.43. The Morgan fingerprint density at radius 1 is 0.958 bits per heavy atom. The first kappa shape index (κ1) is 17.6. The standard InChI is InChI=1S/C20H23NO3/c1-4-16-5-9-18(10-6-16)24-14-20(22)21-17-7-11-19(12-8-17)23-13-15(2)3/h5-12H,2,4,13-14H2,1,3H3,(H,21,22). The van der Waals surface area contributed by atoms with E-state index >= 15 is 0 Å². The fourth-order valence-corrected chi connectivity index (χ4v) is 2.01. The molecule has 126 valence electrons. The van der Waals surface area contributed by atoms with Crippen molar-refractivity contribution in [1.29, 1.82) is 0 Å². The number of nitrogens with one attached hydrogen (secondary N) is 1. The number of hydrogen-bond acceptors (Lipinski definition) is 3. The lowest BCUT2D eigenvalue weighted by Crippen LogP contribution is -2.20. The molecule has 0 aliphatic heterocycles. The van der Waals surface area contributed by atoms with Gasteiger partial charge in [-0.05, 0) is 60.9 Å². The Labute approximate surface area is 143 Å². The maximum absolute atomic E-state index is 11.9. The largest absolute Gasteiger partial charge is 0.489 e. The molecule has 0 bridgehead atoms. The maximum atomic E-state index is 11.9. The number of anilines is 1. The van der Waals surface area contributed by atoms with Gasteiger partial charge in [-0.2, -0.15) is 0 Å². The Bertz CT molecular complexity index is 675. The van der Waals surface area contributed by atoms with Crippen LogP contribution in [-0.2, 0) is 11.2 Å². The van der Waals surface area contributed by atoms with Crippen molar-refractivity contribution in [1.82, 2.24) is 0 Å². The monoisotopic (exact) mass is 325 g/mol. The molecule has 24 heavy (non-hydrogen) atoms. The molecular formula is C20H23NO3. The molecule has 0 radical (unpaired) electrons. The molecule has 0 saturated carbocycles. The molecule has 1 N–H and O–H groups in total. The molecule has 2 rings (SSSR count). The summed E-state index contributed by atoms with van der Waals surface area (Å²) >= 11 is 0. The van der Waals surface area contributed by atoms with E-state index in [1.54, 1.807) is 12.1 Å². The van der Waals surface area contributed by atoms with E-state index in [0.717, 1.165) is 17.7 Å². The molecule has 2 aromatic carbocycles. The zero-order valence-electron chi connectivity index (χ0n) is 14.2. The smallest absolute Gasteiger partial charge is 0.262 e. The molecule has 1 amide bonds. The Balaban J connectivity index is 1.79. The van der Waals surface area contributed by atoms with Gasteiger partial charge in [0, 0.05) is 5.69 Å². The summed E-state index contributed by atoms with van der Waals surface area (Å²) in [6.45, 7) is 8.24. The van der Waals surface area contributed by atoms with Crippen molar-refractivity contribution in [2.24, 2.45) is 0 Å². The van der Waals surface area contributed by atoms with Crippen molar-refractivity contribution in [2.45, 2.75) is 20.3 Å². The normalized spacial score (nSPS) is 10.1. The highest BCUT2D eigenvalue weighted by Crippen LogP contribution is 2.16. The molecular weight excluding hydrogens is 302 g/mol. The predicted octanol–water partition coefficient (Wildman–Crippen LogP) is 4.22. The second-order valence-corrected chi connectivity index (χ2v) is 5.60. The third kappa shape index (κ3) is 5.80. The van der Waals surface area contributed by atoms with E-state index in [0.29, 0.717) is 18.0 Å². The van der Waals surface area contributed by atoms with Gasteiger partial charge in [0.05, 0.1) is 0 Å². The molecule has 0 atom stereocenters. The zero-order valence-corrected chi connectivity index (χ0v) is 14.2. The predicted molar refractivity (Wildman–Crippen MR) is 96.7 cm³/mol.